The monoisotopic (exact) mass is 421 g/mol. The first-order valence-electron chi connectivity index (χ1n) is 10.7. The van der Waals surface area contributed by atoms with Crippen LogP contribution in [-0.4, -0.2) is 62.1 Å². The summed E-state index contributed by atoms with van der Waals surface area (Å²) in [6, 6.07) is 9.76. The largest absolute Gasteiger partial charge is 0.339 e. The molecule has 2 aromatic heterocycles. The van der Waals surface area contributed by atoms with Gasteiger partial charge in [-0.05, 0) is 49.2 Å². The van der Waals surface area contributed by atoms with E-state index in [0.717, 1.165) is 19.3 Å². The Morgan fingerprint density at radius 3 is 2.19 bits per heavy atom. The predicted molar refractivity (Wildman–Crippen MR) is 113 cm³/mol. The summed E-state index contributed by atoms with van der Waals surface area (Å²) < 4.78 is 16.9. The van der Waals surface area contributed by atoms with Crippen LogP contribution in [-0.2, 0) is 4.79 Å². The van der Waals surface area contributed by atoms with Crippen LogP contribution < -0.4 is 0 Å². The highest BCUT2D eigenvalue weighted by atomic mass is 19.1. The average molecular weight is 421 g/mol. The van der Waals surface area contributed by atoms with E-state index in [1.807, 2.05) is 34.0 Å². The molecule has 1 saturated carbocycles. The van der Waals surface area contributed by atoms with Gasteiger partial charge in [0, 0.05) is 44.5 Å². The summed E-state index contributed by atoms with van der Waals surface area (Å²) in [5.74, 6) is 0.568. The van der Waals surface area contributed by atoms with Gasteiger partial charge in [0.2, 0.25) is 5.91 Å². The van der Waals surface area contributed by atoms with Gasteiger partial charge in [-0.2, -0.15) is 5.10 Å². The van der Waals surface area contributed by atoms with E-state index in [2.05, 4.69) is 5.10 Å². The lowest BCUT2D eigenvalue weighted by atomic mass is 9.84. The molecule has 1 aliphatic carbocycles. The third-order valence-electron chi connectivity index (χ3n) is 6.23. The lowest BCUT2D eigenvalue weighted by Gasteiger charge is -2.38. The minimum absolute atomic E-state index is 0.118. The van der Waals surface area contributed by atoms with Crippen LogP contribution >= 0.6 is 0 Å². The Balaban J connectivity index is 1.39. The lowest BCUT2D eigenvalue weighted by molar-refractivity contribution is -0.139. The molecule has 0 atom stereocenters. The van der Waals surface area contributed by atoms with Gasteiger partial charge in [-0.1, -0.05) is 6.42 Å². The molecule has 1 aromatic carbocycles. The highest BCUT2D eigenvalue weighted by Crippen LogP contribution is 2.29. The number of halogens is 1. The number of piperazine rings is 1. The Hall–Kier alpha value is -3.42. The molecular weight excluding hydrogens is 397 g/mol. The molecule has 2 fully saturated rings. The Bertz CT molecular complexity index is 1080. The summed E-state index contributed by atoms with van der Waals surface area (Å²) in [7, 11) is 0. The zero-order valence-electron chi connectivity index (χ0n) is 17.2. The van der Waals surface area contributed by atoms with Gasteiger partial charge in [0.1, 0.15) is 11.4 Å². The maximum Gasteiger partial charge on any atom is 0.259 e. The SMILES string of the molecule is O=C(c1cnn(-c2ccc(F)cc2)c1-n1cccc1)N1CCN(C(=O)C2CCC2)CC1. The molecule has 31 heavy (non-hydrogen) atoms. The fourth-order valence-corrected chi connectivity index (χ4v) is 4.20. The summed E-state index contributed by atoms with van der Waals surface area (Å²) in [5.41, 5.74) is 1.14. The van der Waals surface area contributed by atoms with Crippen LogP contribution in [0.3, 0.4) is 0 Å². The van der Waals surface area contributed by atoms with Gasteiger partial charge in [-0.15, -0.1) is 0 Å². The van der Waals surface area contributed by atoms with E-state index in [-0.39, 0.29) is 23.5 Å². The highest BCUT2D eigenvalue weighted by Gasteiger charge is 2.33. The number of hydrogen-bond acceptors (Lipinski definition) is 3. The number of carbonyl (C=O) groups excluding carboxylic acids is 2. The second-order valence-electron chi connectivity index (χ2n) is 8.11. The summed E-state index contributed by atoms with van der Waals surface area (Å²) in [6.45, 7) is 2.13. The van der Waals surface area contributed by atoms with Crippen LogP contribution in [0.4, 0.5) is 4.39 Å². The number of carbonyl (C=O) groups is 2. The van der Waals surface area contributed by atoms with Gasteiger partial charge >= 0.3 is 0 Å². The minimum Gasteiger partial charge on any atom is -0.339 e. The molecule has 0 radical (unpaired) electrons. The summed E-state index contributed by atoms with van der Waals surface area (Å²) >= 11 is 0. The van der Waals surface area contributed by atoms with Gasteiger partial charge in [0.05, 0.1) is 11.9 Å². The Kier molecular flexibility index (Phi) is 5.05. The highest BCUT2D eigenvalue weighted by molar-refractivity contribution is 5.97. The van der Waals surface area contributed by atoms with E-state index in [1.165, 1.54) is 12.1 Å². The second kappa shape index (κ2) is 8.02. The van der Waals surface area contributed by atoms with Crippen LogP contribution in [0.5, 0.6) is 0 Å². The van der Waals surface area contributed by atoms with Crippen molar-refractivity contribution in [2.45, 2.75) is 19.3 Å². The van der Waals surface area contributed by atoms with E-state index in [0.29, 0.717) is 43.2 Å². The first-order valence-corrected chi connectivity index (χ1v) is 10.7. The topological polar surface area (TPSA) is 63.4 Å². The van der Waals surface area contributed by atoms with Gasteiger partial charge in [0.25, 0.3) is 5.91 Å². The van der Waals surface area contributed by atoms with E-state index in [4.69, 9.17) is 0 Å². The van der Waals surface area contributed by atoms with Crippen LogP contribution in [0.1, 0.15) is 29.6 Å². The Labute approximate surface area is 179 Å². The fourth-order valence-electron chi connectivity index (χ4n) is 4.20. The van der Waals surface area contributed by atoms with Gasteiger partial charge in [0.15, 0.2) is 5.82 Å². The van der Waals surface area contributed by atoms with Crippen molar-refractivity contribution in [3.05, 3.63) is 66.4 Å². The number of nitrogens with zero attached hydrogens (tertiary/aromatic N) is 5. The third kappa shape index (κ3) is 3.62. The number of aromatic nitrogens is 3. The minimum atomic E-state index is -0.330. The molecule has 0 bridgehead atoms. The Morgan fingerprint density at radius 2 is 1.58 bits per heavy atom. The third-order valence-corrected chi connectivity index (χ3v) is 6.23. The second-order valence-corrected chi connectivity index (χ2v) is 8.11. The number of benzene rings is 1. The van der Waals surface area contributed by atoms with Crippen molar-refractivity contribution in [1.29, 1.82) is 0 Å². The van der Waals surface area contributed by atoms with Crippen molar-refractivity contribution in [2.75, 3.05) is 26.2 Å². The number of rotatable bonds is 4. The molecule has 2 amide bonds. The van der Waals surface area contributed by atoms with Crippen LogP contribution in [0.15, 0.2) is 55.0 Å². The zero-order chi connectivity index (χ0) is 21.4. The normalized spacial score (nSPS) is 16.9. The van der Waals surface area contributed by atoms with Crippen LogP contribution in [0.2, 0.25) is 0 Å². The van der Waals surface area contributed by atoms with Crippen molar-refractivity contribution < 1.29 is 14.0 Å². The molecule has 3 aromatic rings. The van der Waals surface area contributed by atoms with Gasteiger partial charge in [-0.25, -0.2) is 9.07 Å². The number of amides is 2. The quantitative estimate of drug-likeness (QED) is 0.651. The maximum absolute atomic E-state index is 13.4. The first kappa shape index (κ1) is 19.5. The summed E-state index contributed by atoms with van der Waals surface area (Å²) in [6.07, 6.45) is 8.37. The number of hydrogen-bond donors (Lipinski definition) is 0. The molecule has 7 nitrogen and oxygen atoms in total. The predicted octanol–water partition coefficient (Wildman–Crippen LogP) is 2.89. The molecular formula is C23H24FN5O2. The van der Waals surface area contributed by atoms with E-state index >= 15 is 0 Å². The molecule has 8 heteroatoms. The lowest BCUT2D eigenvalue weighted by Crippen LogP contribution is -2.52. The fraction of sp³-hybridized carbons (Fsp3) is 0.348. The molecule has 2 aliphatic rings. The molecule has 5 rings (SSSR count). The molecule has 0 N–H and O–H groups in total. The summed E-state index contributed by atoms with van der Waals surface area (Å²) in [4.78, 5) is 29.6. The molecule has 0 unspecified atom stereocenters. The van der Waals surface area contributed by atoms with Gasteiger partial charge < -0.3 is 14.4 Å². The first-order chi connectivity index (χ1) is 15.1. The van der Waals surface area contributed by atoms with Gasteiger partial charge in [-0.3, -0.25) is 9.59 Å². The standard InChI is InChI=1S/C23H24FN5O2/c24-18-6-8-19(9-7-18)29-21(26-10-1-2-11-26)20(16-25-29)23(31)28-14-12-27(13-15-28)22(30)17-4-3-5-17/h1-2,6-11,16-17H,3-5,12-15H2. The Morgan fingerprint density at radius 1 is 0.935 bits per heavy atom. The van der Waals surface area contributed by atoms with Crippen molar-refractivity contribution in [2.24, 2.45) is 5.92 Å². The maximum atomic E-state index is 13.4. The van der Waals surface area contributed by atoms with Crippen molar-refractivity contribution in [3.8, 4) is 11.5 Å². The van der Waals surface area contributed by atoms with Crippen LogP contribution in [0, 0.1) is 11.7 Å². The van der Waals surface area contributed by atoms with E-state index < -0.39 is 0 Å². The zero-order valence-corrected chi connectivity index (χ0v) is 17.2. The smallest absolute Gasteiger partial charge is 0.259 e. The van der Waals surface area contributed by atoms with Crippen molar-refractivity contribution >= 4 is 11.8 Å². The average Bonchev–Trinajstić information content (AvgIpc) is 3.42. The molecule has 3 heterocycles. The molecule has 1 saturated heterocycles. The van der Waals surface area contributed by atoms with E-state index in [9.17, 15) is 14.0 Å². The van der Waals surface area contributed by atoms with Crippen molar-refractivity contribution in [3.63, 3.8) is 0 Å². The van der Waals surface area contributed by atoms with Crippen molar-refractivity contribution in [1.82, 2.24) is 24.1 Å². The van der Waals surface area contributed by atoms with Crippen LogP contribution in [0.25, 0.3) is 11.5 Å². The molecule has 0 spiro atoms. The molecule has 160 valence electrons. The van der Waals surface area contributed by atoms with E-state index in [1.54, 1.807) is 27.9 Å². The summed E-state index contributed by atoms with van der Waals surface area (Å²) in [5, 5.41) is 4.43. The molecule has 1 aliphatic heterocycles.